The van der Waals surface area contributed by atoms with Crippen molar-refractivity contribution in [3.63, 3.8) is 0 Å². The third kappa shape index (κ3) is 6.33. The quantitative estimate of drug-likeness (QED) is 0.602. The second-order valence-corrected chi connectivity index (χ2v) is 6.42. The number of halogens is 1. The van der Waals surface area contributed by atoms with Gasteiger partial charge in [0.25, 0.3) is 5.91 Å². The highest BCUT2D eigenvalue weighted by atomic mass is 35.5. The predicted molar refractivity (Wildman–Crippen MR) is 103 cm³/mol. The standard InChI is InChI=1S/C18H21ClN2O4S/c1-2-24-9-10-25-17-14(19)4-3-5-15(17)21-16(22)6-8-20-18(23)13-7-11-26-12-13/h3-5,7,11-12H,2,6,8-10H2,1H3,(H,20,23)(H,21,22). The molecule has 0 aliphatic carbocycles. The van der Waals surface area contributed by atoms with E-state index in [-0.39, 0.29) is 24.8 Å². The molecule has 1 aromatic heterocycles. The van der Waals surface area contributed by atoms with Crippen molar-refractivity contribution in [3.05, 3.63) is 45.6 Å². The number of nitrogens with one attached hydrogen (secondary N) is 2. The molecule has 26 heavy (non-hydrogen) atoms. The summed E-state index contributed by atoms with van der Waals surface area (Å²) in [5.74, 6) is -0.0289. The van der Waals surface area contributed by atoms with Crippen molar-refractivity contribution in [2.45, 2.75) is 13.3 Å². The maximum Gasteiger partial charge on any atom is 0.252 e. The highest BCUT2D eigenvalue weighted by molar-refractivity contribution is 7.08. The number of carbonyl (C=O) groups is 2. The summed E-state index contributed by atoms with van der Waals surface area (Å²) in [6.45, 7) is 3.51. The topological polar surface area (TPSA) is 76.7 Å². The van der Waals surface area contributed by atoms with Gasteiger partial charge in [-0.25, -0.2) is 0 Å². The van der Waals surface area contributed by atoms with Crippen molar-refractivity contribution in [3.8, 4) is 5.75 Å². The minimum atomic E-state index is -0.243. The van der Waals surface area contributed by atoms with Crippen LogP contribution in [0.4, 0.5) is 5.69 Å². The van der Waals surface area contributed by atoms with Crippen molar-refractivity contribution < 1.29 is 19.1 Å². The molecule has 0 bridgehead atoms. The first-order valence-electron chi connectivity index (χ1n) is 8.21. The number of carbonyl (C=O) groups excluding carboxylic acids is 2. The van der Waals surface area contributed by atoms with Crippen LogP contribution in [0.25, 0.3) is 0 Å². The zero-order chi connectivity index (χ0) is 18.8. The lowest BCUT2D eigenvalue weighted by Crippen LogP contribution is -2.27. The zero-order valence-electron chi connectivity index (χ0n) is 14.4. The van der Waals surface area contributed by atoms with Gasteiger partial charge in [0.2, 0.25) is 5.91 Å². The Kier molecular flexibility index (Phi) is 8.40. The Morgan fingerprint density at radius 1 is 1.23 bits per heavy atom. The van der Waals surface area contributed by atoms with E-state index >= 15 is 0 Å². The third-order valence-electron chi connectivity index (χ3n) is 3.34. The number of ether oxygens (including phenoxy) is 2. The van der Waals surface area contributed by atoms with Crippen LogP contribution >= 0.6 is 22.9 Å². The van der Waals surface area contributed by atoms with Gasteiger partial charge in [-0.2, -0.15) is 11.3 Å². The van der Waals surface area contributed by atoms with Crippen molar-refractivity contribution in [2.24, 2.45) is 0 Å². The van der Waals surface area contributed by atoms with E-state index in [9.17, 15) is 9.59 Å². The summed E-state index contributed by atoms with van der Waals surface area (Å²) in [7, 11) is 0. The van der Waals surface area contributed by atoms with Crippen LogP contribution in [0.5, 0.6) is 5.75 Å². The molecule has 0 radical (unpaired) electrons. The first-order chi connectivity index (χ1) is 12.6. The number of rotatable bonds is 10. The maximum atomic E-state index is 12.1. The predicted octanol–water partition coefficient (Wildman–Crippen LogP) is 3.58. The van der Waals surface area contributed by atoms with Gasteiger partial charge in [0.15, 0.2) is 5.75 Å². The van der Waals surface area contributed by atoms with E-state index in [0.717, 1.165) is 0 Å². The van der Waals surface area contributed by atoms with Gasteiger partial charge in [0.05, 0.1) is 17.3 Å². The fourth-order valence-corrected chi connectivity index (χ4v) is 2.96. The van der Waals surface area contributed by atoms with Gasteiger partial charge in [-0.3, -0.25) is 9.59 Å². The second-order valence-electron chi connectivity index (χ2n) is 5.23. The number of hydrogen-bond donors (Lipinski definition) is 2. The lowest BCUT2D eigenvalue weighted by atomic mass is 10.2. The lowest BCUT2D eigenvalue weighted by Gasteiger charge is -2.14. The summed E-state index contributed by atoms with van der Waals surface area (Å²) in [6.07, 6.45) is 0.140. The molecule has 2 amide bonds. The maximum absolute atomic E-state index is 12.1. The number of amides is 2. The summed E-state index contributed by atoms with van der Waals surface area (Å²) in [4.78, 5) is 24.0. The van der Waals surface area contributed by atoms with E-state index in [2.05, 4.69) is 10.6 Å². The molecular formula is C18H21ClN2O4S. The van der Waals surface area contributed by atoms with Crippen LogP contribution in [-0.2, 0) is 9.53 Å². The van der Waals surface area contributed by atoms with Crippen LogP contribution in [0.3, 0.4) is 0 Å². The Labute approximate surface area is 161 Å². The smallest absolute Gasteiger partial charge is 0.252 e. The van der Waals surface area contributed by atoms with Crippen molar-refractivity contribution in [1.29, 1.82) is 0 Å². The first-order valence-corrected chi connectivity index (χ1v) is 9.53. The minimum Gasteiger partial charge on any atom is -0.487 e. The molecule has 2 aromatic rings. The van der Waals surface area contributed by atoms with Crippen molar-refractivity contribution in [1.82, 2.24) is 5.32 Å². The van der Waals surface area contributed by atoms with Crippen LogP contribution in [0.1, 0.15) is 23.7 Å². The normalized spacial score (nSPS) is 10.4. The second kappa shape index (κ2) is 10.8. The average molecular weight is 397 g/mol. The average Bonchev–Trinajstić information content (AvgIpc) is 3.15. The van der Waals surface area contributed by atoms with Crippen molar-refractivity contribution in [2.75, 3.05) is 31.7 Å². The number of thiophene rings is 1. The molecule has 2 rings (SSSR count). The molecule has 0 spiro atoms. The Balaban J connectivity index is 1.84. The SMILES string of the molecule is CCOCCOc1c(Cl)cccc1NC(=O)CCNC(=O)c1ccsc1. The van der Waals surface area contributed by atoms with Gasteiger partial charge >= 0.3 is 0 Å². The Hall–Kier alpha value is -2.09. The van der Waals surface area contributed by atoms with Crippen LogP contribution in [-0.4, -0.2) is 38.2 Å². The summed E-state index contributed by atoms with van der Waals surface area (Å²) in [5.41, 5.74) is 1.08. The summed E-state index contributed by atoms with van der Waals surface area (Å²) in [5, 5.41) is 9.46. The molecule has 6 nitrogen and oxygen atoms in total. The lowest BCUT2D eigenvalue weighted by molar-refractivity contribution is -0.116. The van der Waals surface area contributed by atoms with E-state index < -0.39 is 0 Å². The molecule has 8 heteroatoms. The molecule has 0 saturated heterocycles. The molecule has 0 unspecified atom stereocenters. The van der Waals surface area contributed by atoms with Gasteiger partial charge in [-0.05, 0) is 30.5 Å². The van der Waals surface area contributed by atoms with E-state index in [1.807, 2.05) is 12.3 Å². The molecule has 0 fully saturated rings. The van der Waals surface area contributed by atoms with Gasteiger partial charge < -0.3 is 20.1 Å². The number of para-hydroxylation sites is 1. The van der Waals surface area contributed by atoms with Gasteiger partial charge in [-0.1, -0.05) is 17.7 Å². The molecule has 0 saturated carbocycles. The first kappa shape index (κ1) is 20.2. The molecule has 0 aliphatic rings. The van der Waals surface area contributed by atoms with Crippen LogP contribution < -0.4 is 15.4 Å². The summed E-state index contributed by atoms with van der Waals surface area (Å²) in [6, 6.07) is 6.86. The minimum absolute atomic E-state index is 0.140. The monoisotopic (exact) mass is 396 g/mol. The summed E-state index contributed by atoms with van der Waals surface area (Å²) < 4.78 is 10.8. The summed E-state index contributed by atoms with van der Waals surface area (Å²) >= 11 is 7.60. The van der Waals surface area contributed by atoms with Gasteiger partial charge in [-0.15, -0.1) is 0 Å². The highest BCUT2D eigenvalue weighted by Gasteiger charge is 2.12. The fraction of sp³-hybridized carbons (Fsp3) is 0.333. The Morgan fingerprint density at radius 3 is 2.81 bits per heavy atom. The molecule has 1 heterocycles. The van der Waals surface area contributed by atoms with Crippen LogP contribution in [0, 0.1) is 0 Å². The van der Waals surface area contributed by atoms with Crippen molar-refractivity contribution >= 4 is 40.4 Å². The highest BCUT2D eigenvalue weighted by Crippen LogP contribution is 2.32. The molecule has 2 N–H and O–H groups in total. The fourth-order valence-electron chi connectivity index (χ4n) is 2.10. The zero-order valence-corrected chi connectivity index (χ0v) is 16.0. The van der Waals surface area contributed by atoms with E-state index in [1.54, 1.807) is 29.6 Å². The number of benzene rings is 1. The van der Waals surface area contributed by atoms with Crippen LogP contribution in [0.15, 0.2) is 35.0 Å². The largest absolute Gasteiger partial charge is 0.487 e. The number of anilines is 1. The molecule has 1 aromatic carbocycles. The van der Waals surface area contributed by atoms with Crippen LogP contribution in [0.2, 0.25) is 5.02 Å². The molecule has 140 valence electrons. The Morgan fingerprint density at radius 2 is 2.08 bits per heavy atom. The molecular weight excluding hydrogens is 376 g/mol. The van der Waals surface area contributed by atoms with Gasteiger partial charge in [0, 0.05) is 30.5 Å². The molecule has 0 aliphatic heterocycles. The Bertz CT molecular complexity index is 722. The van der Waals surface area contributed by atoms with Gasteiger partial charge in [0.1, 0.15) is 6.61 Å². The van der Waals surface area contributed by atoms with E-state index in [1.165, 1.54) is 11.3 Å². The van der Waals surface area contributed by atoms with E-state index in [4.69, 9.17) is 21.1 Å². The third-order valence-corrected chi connectivity index (χ3v) is 4.32. The van der Waals surface area contributed by atoms with E-state index in [0.29, 0.717) is 41.8 Å². The molecule has 0 atom stereocenters. The number of hydrogen-bond acceptors (Lipinski definition) is 5.